The first kappa shape index (κ1) is 20.0. The fourth-order valence-electron chi connectivity index (χ4n) is 2.74. The molecule has 0 fully saturated rings. The monoisotopic (exact) mass is 439 g/mol. The average Bonchev–Trinajstić information content (AvgIpc) is 2.74. The largest absolute Gasteiger partial charge is 0.497 e. The Morgan fingerprint density at radius 1 is 0.964 bits per heavy atom. The molecule has 0 unspecified atom stereocenters. The number of carbonyl (C=O) groups is 1. The third-order valence-corrected chi connectivity index (χ3v) is 4.93. The average molecular weight is 440 g/mol. The van der Waals surface area contributed by atoms with Crippen LogP contribution in [0.3, 0.4) is 0 Å². The first-order chi connectivity index (χ1) is 13.7. The number of hydrogen-bond donors (Lipinski definition) is 1. The molecule has 0 aliphatic rings. The van der Waals surface area contributed by atoms with Gasteiger partial charge in [0.2, 0.25) is 0 Å². The molecule has 3 aromatic rings. The van der Waals surface area contributed by atoms with Gasteiger partial charge in [-0.05, 0) is 69.9 Å². The molecule has 3 rings (SSSR count). The highest BCUT2D eigenvalue weighted by Gasteiger charge is 2.07. The van der Waals surface area contributed by atoms with Gasteiger partial charge >= 0.3 is 0 Å². The summed E-state index contributed by atoms with van der Waals surface area (Å²) in [5, 5.41) is 2.97. The Hall–Kier alpha value is -2.79. The fourth-order valence-corrected chi connectivity index (χ4v) is 3.14. The van der Waals surface area contributed by atoms with Crippen LogP contribution in [0.1, 0.15) is 21.5 Å². The first-order valence-electron chi connectivity index (χ1n) is 9.03. The van der Waals surface area contributed by atoms with Crippen molar-refractivity contribution in [1.29, 1.82) is 0 Å². The van der Waals surface area contributed by atoms with Gasteiger partial charge in [-0.1, -0.05) is 36.4 Å². The first-order valence-corrected chi connectivity index (χ1v) is 9.82. The van der Waals surface area contributed by atoms with Crippen LogP contribution in [0.25, 0.3) is 0 Å². The number of methoxy groups -OCH3 is 1. The lowest BCUT2D eigenvalue weighted by atomic mass is 10.1. The van der Waals surface area contributed by atoms with Crippen molar-refractivity contribution >= 4 is 21.8 Å². The number of ether oxygens (including phenoxy) is 2. The van der Waals surface area contributed by atoms with E-state index in [9.17, 15) is 4.79 Å². The maximum atomic E-state index is 12.4. The van der Waals surface area contributed by atoms with Crippen molar-refractivity contribution in [3.05, 3.63) is 94.0 Å². The number of rotatable bonds is 8. The van der Waals surface area contributed by atoms with Crippen molar-refractivity contribution in [2.75, 3.05) is 13.7 Å². The van der Waals surface area contributed by atoms with E-state index in [0.717, 1.165) is 33.5 Å². The lowest BCUT2D eigenvalue weighted by Crippen LogP contribution is -2.25. The van der Waals surface area contributed by atoms with Crippen LogP contribution in [-0.2, 0) is 13.0 Å². The summed E-state index contributed by atoms with van der Waals surface area (Å²) in [6.45, 7) is 0.971. The normalized spacial score (nSPS) is 10.4. The second kappa shape index (κ2) is 9.95. The Bertz CT molecular complexity index is 925. The van der Waals surface area contributed by atoms with E-state index in [2.05, 4.69) is 21.2 Å². The summed E-state index contributed by atoms with van der Waals surface area (Å²) in [4.78, 5) is 12.4. The Morgan fingerprint density at radius 3 is 2.50 bits per heavy atom. The smallest absolute Gasteiger partial charge is 0.251 e. The summed E-state index contributed by atoms with van der Waals surface area (Å²) < 4.78 is 11.9. The summed E-state index contributed by atoms with van der Waals surface area (Å²) in [7, 11) is 1.65. The molecule has 0 bridgehead atoms. The zero-order valence-electron chi connectivity index (χ0n) is 15.7. The molecule has 0 spiro atoms. The van der Waals surface area contributed by atoms with Gasteiger partial charge in [-0.2, -0.15) is 0 Å². The van der Waals surface area contributed by atoms with E-state index >= 15 is 0 Å². The van der Waals surface area contributed by atoms with Crippen LogP contribution in [0.4, 0.5) is 0 Å². The minimum atomic E-state index is -0.0868. The number of hydrogen-bond acceptors (Lipinski definition) is 3. The predicted molar refractivity (Wildman–Crippen MR) is 114 cm³/mol. The quantitative estimate of drug-likeness (QED) is 0.536. The molecule has 0 saturated heterocycles. The van der Waals surface area contributed by atoms with E-state index in [0.29, 0.717) is 18.7 Å². The van der Waals surface area contributed by atoms with Crippen molar-refractivity contribution in [3.8, 4) is 11.5 Å². The third-order valence-electron chi connectivity index (χ3n) is 4.28. The Kier molecular flexibility index (Phi) is 7.09. The highest BCUT2D eigenvalue weighted by Crippen LogP contribution is 2.24. The molecule has 0 aromatic heterocycles. The number of amides is 1. The molecule has 0 radical (unpaired) electrons. The van der Waals surface area contributed by atoms with Crippen molar-refractivity contribution in [1.82, 2.24) is 5.32 Å². The summed E-state index contributed by atoms with van der Waals surface area (Å²) >= 11 is 3.47. The topological polar surface area (TPSA) is 47.6 Å². The van der Waals surface area contributed by atoms with Gasteiger partial charge in [0.25, 0.3) is 5.91 Å². The molecule has 4 nitrogen and oxygen atoms in total. The number of para-hydroxylation sites is 1. The van der Waals surface area contributed by atoms with Gasteiger partial charge in [-0.15, -0.1) is 0 Å². The van der Waals surface area contributed by atoms with Crippen LogP contribution < -0.4 is 14.8 Å². The molecule has 5 heteroatoms. The molecule has 0 atom stereocenters. The van der Waals surface area contributed by atoms with Crippen molar-refractivity contribution in [2.24, 2.45) is 0 Å². The van der Waals surface area contributed by atoms with Gasteiger partial charge in [0, 0.05) is 12.1 Å². The third kappa shape index (κ3) is 5.60. The van der Waals surface area contributed by atoms with Crippen LogP contribution in [0, 0.1) is 0 Å². The second-order valence-electron chi connectivity index (χ2n) is 6.27. The molecule has 0 aliphatic carbocycles. The zero-order valence-corrected chi connectivity index (χ0v) is 17.2. The molecule has 0 aliphatic heterocycles. The maximum absolute atomic E-state index is 12.4. The zero-order chi connectivity index (χ0) is 19.8. The van der Waals surface area contributed by atoms with Gasteiger partial charge < -0.3 is 14.8 Å². The van der Waals surface area contributed by atoms with Crippen LogP contribution in [0.5, 0.6) is 11.5 Å². The summed E-state index contributed by atoms with van der Waals surface area (Å²) in [5.74, 6) is 1.52. The van der Waals surface area contributed by atoms with E-state index in [1.54, 1.807) is 7.11 Å². The Labute approximate surface area is 173 Å². The van der Waals surface area contributed by atoms with Crippen molar-refractivity contribution in [2.45, 2.75) is 13.0 Å². The van der Waals surface area contributed by atoms with Gasteiger partial charge in [0.1, 0.15) is 18.1 Å². The number of benzene rings is 3. The Morgan fingerprint density at radius 2 is 1.75 bits per heavy atom. The van der Waals surface area contributed by atoms with E-state index in [1.807, 2.05) is 72.8 Å². The van der Waals surface area contributed by atoms with Gasteiger partial charge in [0.05, 0.1) is 11.6 Å². The minimum Gasteiger partial charge on any atom is -0.497 e. The van der Waals surface area contributed by atoms with Gasteiger partial charge in [0.15, 0.2) is 0 Å². The summed E-state index contributed by atoms with van der Waals surface area (Å²) in [5.41, 5.74) is 2.72. The molecule has 144 valence electrons. The van der Waals surface area contributed by atoms with Crippen LogP contribution in [-0.4, -0.2) is 19.6 Å². The summed E-state index contributed by atoms with van der Waals surface area (Å²) in [6.07, 6.45) is 0.764. The van der Waals surface area contributed by atoms with Crippen LogP contribution in [0.2, 0.25) is 0 Å². The molecule has 1 N–H and O–H groups in total. The standard InChI is InChI=1S/C23H22BrNO3/c1-27-20-11-9-17(10-12-20)13-14-25-23(26)19-6-4-5-18(15-19)16-28-22-8-3-2-7-21(22)24/h2-12,15H,13-14,16H2,1H3,(H,25,26). The number of carbonyl (C=O) groups excluding carboxylic acids is 1. The molecule has 28 heavy (non-hydrogen) atoms. The maximum Gasteiger partial charge on any atom is 0.251 e. The van der Waals surface area contributed by atoms with E-state index in [1.165, 1.54) is 0 Å². The van der Waals surface area contributed by atoms with Crippen molar-refractivity contribution in [3.63, 3.8) is 0 Å². The van der Waals surface area contributed by atoms with Crippen LogP contribution in [0.15, 0.2) is 77.3 Å². The SMILES string of the molecule is COc1ccc(CCNC(=O)c2cccc(COc3ccccc3Br)c2)cc1. The second-order valence-corrected chi connectivity index (χ2v) is 7.13. The molecule has 3 aromatic carbocycles. The van der Waals surface area contributed by atoms with Gasteiger partial charge in [-0.25, -0.2) is 0 Å². The highest BCUT2D eigenvalue weighted by atomic mass is 79.9. The van der Waals surface area contributed by atoms with E-state index < -0.39 is 0 Å². The molecule has 0 heterocycles. The number of halogens is 1. The molecular formula is C23H22BrNO3. The molecule has 0 saturated carbocycles. The fraction of sp³-hybridized carbons (Fsp3) is 0.174. The lowest BCUT2D eigenvalue weighted by Gasteiger charge is -2.10. The van der Waals surface area contributed by atoms with Crippen molar-refractivity contribution < 1.29 is 14.3 Å². The highest BCUT2D eigenvalue weighted by molar-refractivity contribution is 9.10. The van der Waals surface area contributed by atoms with Crippen LogP contribution >= 0.6 is 15.9 Å². The molecular weight excluding hydrogens is 418 g/mol. The number of nitrogens with one attached hydrogen (secondary N) is 1. The summed E-state index contributed by atoms with van der Waals surface area (Å²) in [6, 6.07) is 23.0. The molecule has 1 amide bonds. The Balaban J connectivity index is 1.52. The van der Waals surface area contributed by atoms with E-state index in [4.69, 9.17) is 9.47 Å². The predicted octanol–water partition coefficient (Wildman–Crippen LogP) is 5.01. The minimum absolute atomic E-state index is 0.0868. The van der Waals surface area contributed by atoms with Gasteiger partial charge in [-0.3, -0.25) is 4.79 Å². The lowest BCUT2D eigenvalue weighted by molar-refractivity contribution is 0.0954. The van der Waals surface area contributed by atoms with E-state index in [-0.39, 0.29) is 5.91 Å².